The van der Waals surface area contributed by atoms with Gasteiger partial charge in [0.15, 0.2) is 0 Å². The van der Waals surface area contributed by atoms with Crippen molar-refractivity contribution < 1.29 is 37.3 Å². The first-order valence-electron chi connectivity index (χ1n) is 9.01. The van der Waals surface area contributed by atoms with Crippen molar-refractivity contribution in [3.05, 3.63) is 0 Å². The number of urea groups is 2. The Bertz CT molecular complexity index is 699. The molecular weight excluding hydrogens is 414 g/mol. The molecule has 0 atom stereocenters. The molecule has 3 heterocycles. The van der Waals surface area contributed by atoms with Gasteiger partial charge in [-0.25, -0.2) is 0 Å². The van der Waals surface area contributed by atoms with E-state index in [9.17, 15) is 19.2 Å². The molecule has 0 bridgehead atoms. The number of imide groups is 2. The van der Waals surface area contributed by atoms with Crippen molar-refractivity contribution in [3.63, 3.8) is 0 Å². The Morgan fingerprint density at radius 3 is 1.07 bits per heavy atom. The van der Waals surface area contributed by atoms with Crippen LogP contribution in [0.4, 0.5) is 19.2 Å². The van der Waals surface area contributed by atoms with Gasteiger partial charge in [-0.1, -0.05) is 0 Å². The third-order valence-electron chi connectivity index (χ3n) is 4.93. The zero-order chi connectivity index (χ0) is 21.2. The van der Waals surface area contributed by atoms with Crippen LogP contribution in [0.15, 0.2) is 0 Å². The molecule has 6 amide bonds. The third-order valence-corrected chi connectivity index (χ3v) is 16.9. The molecular formula is C14H26N4O8P2. The van der Waals surface area contributed by atoms with E-state index >= 15 is 0 Å². The summed E-state index contributed by atoms with van der Waals surface area (Å²) in [5.41, 5.74) is -1.65. The molecule has 3 fully saturated rings. The molecule has 0 aromatic rings. The summed E-state index contributed by atoms with van der Waals surface area (Å²) in [7, 11) is -7.50. The minimum absolute atomic E-state index is 0.0480. The van der Waals surface area contributed by atoms with Gasteiger partial charge in [-0.3, -0.25) is 0 Å². The fourth-order valence-corrected chi connectivity index (χ4v) is 18.5. The van der Waals surface area contributed by atoms with Crippen LogP contribution in [0.25, 0.3) is 0 Å². The summed E-state index contributed by atoms with van der Waals surface area (Å²) in [6.07, 6.45) is 0. The van der Waals surface area contributed by atoms with Gasteiger partial charge in [-0.2, -0.15) is 0 Å². The summed E-state index contributed by atoms with van der Waals surface area (Å²) in [4.78, 5) is 55.0. The van der Waals surface area contributed by atoms with Gasteiger partial charge in [0.2, 0.25) is 0 Å². The molecule has 0 aliphatic carbocycles. The number of rotatable bonds is 8. The second-order valence-corrected chi connectivity index (χ2v) is 13.8. The predicted molar refractivity (Wildman–Crippen MR) is 101 cm³/mol. The fraction of sp³-hybridized carbons (Fsp3) is 0.714. The Morgan fingerprint density at radius 2 is 0.857 bits per heavy atom. The standard InChI is InChI=1S/C14H26N4O8P2/c1-7-23-27(24-8-2)13(21)15(5)11(19)17(27)28(25-9-3,26-10-4)14(22)16(6)12(20)18(27)28/h7-10H2,1-6H3. The SMILES string of the molecule is CCOP12(OCC)C(=O)N(C)C(=O)N1P1(OCC)(OCC)C(=O)N(C)C(=O)N21. The Hall–Kier alpha value is -1.42. The molecule has 0 aromatic heterocycles. The number of hydrogen-bond acceptors (Lipinski definition) is 8. The van der Waals surface area contributed by atoms with Crippen molar-refractivity contribution >= 4 is 38.1 Å². The van der Waals surface area contributed by atoms with E-state index in [4.69, 9.17) is 18.1 Å². The maximum absolute atomic E-state index is 13.5. The molecule has 0 radical (unpaired) electrons. The molecule has 3 rings (SSSR count). The molecule has 28 heavy (non-hydrogen) atoms. The molecule has 160 valence electrons. The van der Waals surface area contributed by atoms with E-state index in [0.717, 1.165) is 18.7 Å². The van der Waals surface area contributed by atoms with Crippen molar-refractivity contribution in [1.82, 2.24) is 18.7 Å². The predicted octanol–water partition coefficient (Wildman–Crippen LogP) is 3.55. The van der Waals surface area contributed by atoms with Gasteiger partial charge in [0.1, 0.15) is 0 Å². The molecule has 0 aromatic carbocycles. The molecule has 3 aliphatic heterocycles. The topological polar surface area (TPSA) is 118 Å². The average Bonchev–Trinajstić information content (AvgIpc) is 2.88. The number of carbonyl (C=O) groups is 4. The Kier molecular flexibility index (Phi) is 4.59. The summed E-state index contributed by atoms with van der Waals surface area (Å²) in [6, 6.07) is -1.70. The Morgan fingerprint density at radius 1 is 0.607 bits per heavy atom. The first-order valence-corrected chi connectivity index (χ1v) is 13.0. The van der Waals surface area contributed by atoms with Gasteiger partial charge in [-0.05, 0) is 0 Å². The van der Waals surface area contributed by atoms with Crippen LogP contribution in [0.2, 0.25) is 0 Å². The zero-order valence-electron chi connectivity index (χ0n) is 16.8. The van der Waals surface area contributed by atoms with Crippen LogP contribution in [0.1, 0.15) is 27.7 Å². The minimum atomic E-state index is -5.00. The quantitative estimate of drug-likeness (QED) is 0.526. The van der Waals surface area contributed by atoms with Gasteiger partial charge >= 0.3 is 162 Å². The fourth-order valence-electron chi connectivity index (χ4n) is 4.22. The van der Waals surface area contributed by atoms with Gasteiger partial charge in [-0.15, -0.1) is 0 Å². The van der Waals surface area contributed by atoms with Crippen molar-refractivity contribution in [2.45, 2.75) is 27.7 Å². The second kappa shape index (κ2) is 6.04. The molecule has 0 unspecified atom stereocenters. The van der Waals surface area contributed by atoms with Crippen LogP contribution in [0.3, 0.4) is 0 Å². The average molecular weight is 440 g/mol. The number of nitrogens with zero attached hydrogens (tertiary/aromatic N) is 4. The van der Waals surface area contributed by atoms with Gasteiger partial charge in [0, 0.05) is 0 Å². The molecule has 14 heteroatoms. The van der Waals surface area contributed by atoms with Crippen LogP contribution in [-0.2, 0) is 18.1 Å². The summed E-state index contributed by atoms with van der Waals surface area (Å²) in [6.45, 7) is 6.23. The van der Waals surface area contributed by atoms with Crippen molar-refractivity contribution in [2.24, 2.45) is 0 Å². The zero-order valence-corrected chi connectivity index (χ0v) is 18.6. The summed E-state index contributed by atoms with van der Waals surface area (Å²) in [5, 5.41) is 0. The van der Waals surface area contributed by atoms with Crippen molar-refractivity contribution in [2.75, 3.05) is 40.5 Å². The van der Waals surface area contributed by atoms with E-state index in [1.165, 1.54) is 14.1 Å². The second-order valence-electron chi connectivity index (χ2n) is 6.24. The summed E-state index contributed by atoms with van der Waals surface area (Å²) in [5.74, 6) is 0. The van der Waals surface area contributed by atoms with E-state index in [-0.39, 0.29) is 26.4 Å². The van der Waals surface area contributed by atoms with E-state index in [1.807, 2.05) is 0 Å². The molecule has 3 aliphatic rings. The molecule has 12 nitrogen and oxygen atoms in total. The van der Waals surface area contributed by atoms with E-state index in [1.54, 1.807) is 27.7 Å². The van der Waals surface area contributed by atoms with Gasteiger partial charge in [0.25, 0.3) is 0 Å². The molecule has 3 saturated heterocycles. The first kappa shape index (κ1) is 21.3. The van der Waals surface area contributed by atoms with Crippen LogP contribution in [0, 0.1) is 0 Å². The summed E-state index contributed by atoms with van der Waals surface area (Å²) < 4.78 is 25.5. The Labute approximate surface area is 163 Å². The van der Waals surface area contributed by atoms with Crippen LogP contribution >= 0.6 is 14.7 Å². The number of amides is 6. The van der Waals surface area contributed by atoms with Crippen LogP contribution in [0.5, 0.6) is 0 Å². The van der Waals surface area contributed by atoms with Crippen LogP contribution in [-0.4, -0.2) is 82.6 Å². The maximum atomic E-state index is 13.5. The number of carbonyl (C=O) groups excluding carboxylic acids is 4. The summed E-state index contributed by atoms with van der Waals surface area (Å²) >= 11 is 0. The number of fused-ring (bicyclic) bond motifs is 4. The Balaban J connectivity index is 2.49. The van der Waals surface area contributed by atoms with Gasteiger partial charge < -0.3 is 0 Å². The third kappa shape index (κ3) is 1.67. The monoisotopic (exact) mass is 440 g/mol. The molecule has 0 N–H and O–H groups in total. The van der Waals surface area contributed by atoms with E-state index in [2.05, 4.69) is 0 Å². The molecule has 0 saturated carbocycles. The number of hydrogen-bond donors (Lipinski definition) is 0. The first-order chi connectivity index (χ1) is 13.1. The van der Waals surface area contributed by atoms with Gasteiger partial charge in [0.05, 0.1) is 0 Å². The normalized spacial score (nSPS) is 28.9. The van der Waals surface area contributed by atoms with E-state index < -0.39 is 38.1 Å². The van der Waals surface area contributed by atoms with Crippen molar-refractivity contribution in [1.29, 1.82) is 0 Å². The van der Waals surface area contributed by atoms with Crippen LogP contribution < -0.4 is 0 Å². The van der Waals surface area contributed by atoms with E-state index in [0.29, 0.717) is 0 Å². The molecule has 0 spiro atoms. The van der Waals surface area contributed by atoms with Crippen molar-refractivity contribution in [3.8, 4) is 0 Å².